The molecule has 0 aliphatic rings. The van der Waals surface area contributed by atoms with E-state index in [0.29, 0.717) is 10.3 Å². The van der Waals surface area contributed by atoms with Crippen molar-refractivity contribution in [2.45, 2.75) is 32.7 Å². The average Bonchev–Trinajstić information content (AvgIpc) is 2.18. The molecule has 1 unspecified atom stereocenters. The Labute approximate surface area is 98.4 Å². The maximum absolute atomic E-state index is 11.7. The Hall–Kier alpha value is -0.900. The quantitative estimate of drug-likeness (QED) is 0.855. The fraction of sp³-hybridized carbons (Fsp3) is 0.455. The van der Waals surface area contributed by atoms with E-state index in [1.165, 1.54) is 0 Å². The van der Waals surface area contributed by atoms with Gasteiger partial charge in [-0.2, -0.15) is 0 Å². The molecule has 82 valence electrons. The third-order valence-corrected chi connectivity index (χ3v) is 2.49. The van der Waals surface area contributed by atoms with Crippen LogP contribution < -0.4 is 5.32 Å². The van der Waals surface area contributed by atoms with Gasteiger partial charge in [0.1, 0.15) is 10.3 Å². The number of nitrogens with zero attached hydrogens (tertiary/aromatic N) is 1. The van der Waals surface area contributed by atoms with E-state index in [4.69, 9.17) is 0 Å². The Morgan fingerprint density at radius 1 is 1.60 bits per heavy atom. The summed E-state index contributed by atoms with van der Waals surface area (Å²) >= 11 is 3.24. The largest absolute Gasteiger partial charge is 0.348 e. The molecule has 4 heteroatoms. The summed E-state index contributed by atoms with van der Waals surface area (Å²) < 4.78 is 0.679. The second kappa shape index (κ2) is 5.85. The minimum atomic E-state index is -0.114. The van der Waals surface area contributed by atoms with Crippen LogP contribution >= 0.6 is 15.9 Å². The van der Waals surface area contributed by atoms with Crippen molar-refractivity contribution in [1.82, 2.24) is 10.3 Å². The first-order chi connectivity index (χ1) is 7.13. The Bertz CT molecular complexity index is 341. The van der Waals surface area contributed by atoms with Crippen LogP contribution in [0.2, 0.25) is 0 Å². The Morgan fingerprint density at radius 3 is 2.93 bits per heavy atom. The second-order valence-electron chi connectivity index (χ2n) is 3.51. The lowest BCUT2D eigenvalue weighted by Crippen LogP contribution is -2.32. The maximum atomic E-state index is 11.7. The minimum absolute atomic E-state index is 0.114. The zero-order valence-corrected chi connectivity index (χ0v) is 10.5. The van der Waals surface area contributed by atoms with E-state index in [1.807, 2.05) is 6.92 Å². The number of rotatable bonds is 4. The fourth-order valence-corrected chi connectivity index (χ4v) is 1.68. The molecule has 1 N–H and O–H groups in total. The van der Waals surface area contributed by atoms with E-state index in [1.54, 1.807) is 18.2 Å². The van der Waals surface area contributed by atoms with Gasteiger partial charge >= 0.3 is 0 Å². The molecule has 0 aliphatic carbocycles. The van der Waals surface area contributed by atoms with Crippen LogP contribution in [0, 0.1) is 0 Å². The molecule has 0 spiro atoms. The molecule has 3 nitrogen and oxygen atoms in total. The summed E-state index contributed by atoms with van der Waals surface area (Å²) in [5.74, 6) is -0.114. The molecule has 0 fully saturated rings. The number of aromatic nitrogens is 1. The molecule has 0 saturated heterocycles. The third-order valence-electron chi connectivity index (χ3n) is 2.05. The molecule has 15 heavy (non-hydrogen) atoms. The van der Waals surface area contributed by atoms with Crippen molar-refractivity contribution < 1.29 is 4.79 Å². The Morgan fingerprint density at radius 2 is 2.33 bits per heavy atom. The summed E-state index contributed by atoms with van der Waals surface area (Å²) in [6, 6.07) is 5.50. The SMILES string of the molecule is CCCC(C)NC(=O)c1cccc(Br)n1. The van der Waals surface area contributed by atoms with Gasteiger partial charge in [0, 0.05) is 6.04 Å². The van der Waals surface area contributed by atoms with Crippen molar-refractivity contribution in [3.63, 3.8) is 0 Å². The van der Waals surface area contributed by atoms with Crippen LogP contribution in [0.25, 0.3) is 0 Å². The molecule has 1 amide bonds. The highest BCUT2D eigenvalue weighted by molar-refractivity contribution is 9.10. The normalized spacial score (nSPS) is 12.2. The average molecular weight is 271 g/mol. The van der Waals surface area contributed by atoms with Gasteiger partial charge in [0.05, 0.1) is 0 Å². The lowest BCUT2D eigenvalue weighted by Gasteiger charge is -2.12. The van der Waals surface area contributed by atoms with Gasteiger partial charge in [-0.15, -0.1) is 0 Å². The molecular formula is C11H15BrN2O. The van der Waals surface area contributed by atoms with E-state index >= 15 is 0 Å². The number of carbonyl (C=O) groups excluding carboxylic acids is 1. The van der Waals surface area contributed by atoms with Gasteiger partial charge in [-0.1, -0.05) is 19.4 Å². The zero-order valence-electron chi connectivity index (χ0n) is 8.96. The van der Waals surface area contributed by atoms with Gasteiger partial charge in [0.25, 0.3) is 5.91 Å². The fourth-order valence-electron chi connectivity index (χ4n) is 1.34. The standard InChI is InChI=1S/C11H15BrN2O/c1-3-5-8(2)13-11(15)9-6-4-7-10(12)14-9/h4,6-8H,3,5H2,1-2H3,(H,13,15). The van der Waals surface area contributed by atoms with E-state index in [9.17, 15) is 4.79 Å². The molecule has 0 bridgehead atoms. The van der Waals surface area contributed by atoms with Crippen LogP contribution in [0.1, 0.15) is 37.2 Å². The van der Waals surface area contributed by atoms with Crippen LogP contribution in [-0.4, -0.2) is 16.9 Å². The van der Waals surface area contributed by atoms with Crippen LogP contribution in [-0.2, 0) is 0 Å². The molecule has 1 heterocycles. The van der Waals surface area contributed by atoms with E-state index in [0.717, 1.165) is 12.8 Å². The summed E-state index contributed by atoms with van der Waals surface area (Å²) in [6.07, 6.45) is 2.05. The first-order valence-corrected chi connectivity index (χ1v) is 5.86. The summed E-state index contributed by atoms with van der Waals surface area (Å²) in [5, 5.41) is 2.90. The molecule has 0 aliphatic heterocycles. The maximum Gasteiger partial charge on any atom is 0.270 e. The summed E-state index contributed by atoms with van der Waals surface area (Å²) in [5.41, 5.74) is 0.451. The summed E-state index contributed by atoms with van der Waals surface area (Å²) in [7, 11) is 0. The number of halogens is 1. The van der Waals surface area contributed by atoms with Gasteiger partial charge in [0.15, 0.2) is 0 Å². The van der Waals surface area contributed by atoms with Crippen LogP contribution in [0.15, 0.2) is 22.8 Å². The van der Waals surface area contributed by atoms with Gasteiger partial charge < -0.3 is 5.32 Å². The highest BCUT2D eigenvalue weighted by Crippen LogP contribution is 2.06. The van der Waals surface area contributed by atoms with Crippen molar-refractivity contribution in [2.24, 2.45) is 0 Å². The van der Waals surface area contributed by atoms with Crippen molar-refractivity contribution in [3.05, 3.63) is 28.5 Å². The lowest BCUT2D eigenvalue weighted by atomic mass is 10.2. The van der Waals surface area contributed by atoms with Crippen molar-refractivity contribution >= 4 is 21.8 Å². The highest BCUT2D eigenvalue weighted by atomic mass is 79.9. The molecule has 1 aromatic rings. The van der Waals surface area contributed by atoms with Crippen molar-refractivity contribution in [1.29, 1.82) is 0 Å². The highest BCUT2D eigenvalue weighted by Gasteiger charge is 2.10. The van der Waals surface area contributed by atoms with Crippen LogP contribution in [0.3, 0.4) is 0 Å². The molecule has 1 atom stereocenters. The molecule has 0 radical (unpaired) electrons. The van der Waals surface area contributed by atoms with E-state index in [2.05, 4.69) is 33.2 Å². The van der Waals surface area contributed by atoms with Gasteiger partial charge in [-0.25, -0.2) is 4.98 Å². The molecular weight excluding hydrogens is 256 g/mol. The molecule has 0 aromatic carbocycles. The first kappa shape index (κ1) is 12.2. The first-order valence-electron chi connectivity index (χ1n) is 5.07. The number of carbonyl (C=O) groups is 1. The number of amides is 1. The summed E-state index contributed by atoms with van der Waals surface area (Å²) in [6.45, 7) is 4.10. The summed E-state index contributed by atoms with van der Waals surface area (Å²) in [4.78, 5) is 15.8. The number of hydrogen-bond acceptors (Lipinski definition) is 2. The van der Waals surface area contributed by atoms with Crippen LogP contribution in [0.5, 0.6) is 0 Å². The van der Waals surface area contributed by atoms with E-state index < -0.39 is 0 Å². The number of nitrogens with one attached hydrogen (secondary N) is 1. The third kappa shape index (κ3) is 4.00. The Kier molecular flexibility index (Phi) is 4.75. The topological polar surface area (TPSA) is 42.0 Å². The second-order valence-corrected chi connectivity index (χ2v) is 4.32. The molecule has 0 saturated carbocycles. The van der Waals surface area contributed by atoms with Crippen molar-refractivity contribution in [2.75, 3.05) is 0 Å². The predicted octanol–water partition coefficient (Wildman–Crippen LogP) is 2.76. The number of hydrogen-bond donors (Lipinski definition) is 1. The van der Waals surface area contributed by atoms with Crippen molar-refractivity contribution in [3.8, 4) is 0 Å². The Balaban J connectivity index is 2.61. The molecule has 1 rings (SSSR count). The van der Waals surface area contributed by atoms with Gasteiger partial charge in [-0.3, -0.25) is 4.79 Å². The predicted molar refractivity (Wildman–Crippen MR) is 63.8 cm³/mol. The molecule has 1 aromatic heterocycles. The van der Waals surface area contributed by atoms with Gasteiger partial charge in [-0.05, 0) is 41.4 Å². The van der Waals surface area contributed by atoms with E-state index in [-0.39, 0.29) is 11.9 Å². The smallest absolute Gasteiger partial charge is 0.270 e. The monoisotopic (exact) mass is 270 g/mol. The lowest BCUT2D eigenvalue weighted by molar-refractivity contribution is 0.0933. The zero-order chi connectivity index (χ0) is 11.3. The van der Waals surface area contributed by atoms with Gasteiger partial charge in [0.2, 0.25) is 0 Å². The number of pyridine rings is 1. The minimum Gasteiger partial charge on any atom is -0.348 e. The van der Waals surface area contributed by atoms with Crippen LogP contribution in [0.4, 0.5) is 0 Å².